The van der Waals surface area contributed by atoms with Gasteiger partial charge in [-0.25, -0.2) is 4.98 Å². The fourth-order valence-corrected chi connectivity index (χ4v) is 1.75. The molecule has 5 heteroatoms. The van der Waals surface area contributed by atoms with Gasteiger partial charge < -0.3 is 4.98 Å². The zero-order valence-corrected chi connectivity index (χ0v) is 9.46. The summed E-state index contributed by atoms with van der Waals surface area (Å²) < 4.78 is 0. The Hall–Kier alpha value is -2.17. The van der Waals surface area contributed by atoms with E-state index in [2.05, 4.69) is 9.97 Å². The lowest BCUT2D eigenvalue weighted by Gasteiger charge is -2.21. The predicted octanol–water partition coefficient (Wildman–Crippen LogP) is 2.55. The maximum Gasteiger partial charge on any atom is 0.266 e. The second-order valence-electron chi connectivity index (χ2n) is 4.25. The monoisotopic (exact) mass is 231 g/mol. The lowest BCUT2D eigenvalue weighted by atomic mass is 9.82. The van der Waals surface area contributed by atoms with E-state index >= 15 is 0 Å². The van der Waals surface area contributed by atoms with Gasteiger partial charge >= 0.3 is 0 Å². The SMILES string of the molecule is CC1(C=Cc2ncc[nH]2)C=C([N+](=O)[O-])C=CC1. The Morgan fingerprint density at radius 2 is 2.47 bits per heavy atom. The summed E-state index contributed by atoms with van der Waals surface area (Å²) in [6.07, 6.45) is 13.0. The van der Waals surface area contributed by atoms with Crippen LogP contribution in [0.3, 0.4) is 0 Å². The predicted molar refractivity (Wildman–Crippen MR) is 64.6 cm³/mol. The molecule has 1 aliphatic carbocycles. The van der Waals surface area contributed by atoms with Gasteiger partial charge in [0.05, 0.1) is 4.92 Å². The minimum atomic E-state index is -0.366. The highest BCUT2D eigenvalue weighted by Gasteiger charge is 2.24. The van der Waals surface area contributed by atoms with E-state index in [-0.39, 0.29) is 16.0 Å². The zero-order chi connectivity index (χ0) is 12.3. The molecule has 2 rings (SSSR count). The first-order valence-electron chi connectivity index (χ1n) is 5.31. The number of aromatic nitrogens is 2. The average Bonchev–Trinajstić information content (AvgIpc) is 2.79. The largest absolute Gasteiger partial charge is 0.345 e. The summed E-state index contributed by atoms with van der Waals surface area (Å²) in [4.78, 5) is 17.4. The molecule has 1 aromatic rings. The molecule has 1 atom stereocenters. The lowest BCUT2D eigenvalue weighted by Crippen LogP contribution is -2.14. The Labute approximate surface area is 98.7 Å². The molecular formula is C12H13N3O2. The minimum Gasteiger partial charge on any atom is -0.345 e. The smallest absolute Gasteiger partial charge is 0.266 e. The average molecular weight is 231 g/mol. The first kappa shape index (κ1) is 11.3. The summed E-state index contributed by atoms with van der Waals surface area (Å²) in [5, 5.41) is 10.7. The molecule has 5 nitrogen and oxygen atoms in total. The van der Waals surface area contributed by atoms with Crippen LogP contribution in [0.1, 0.15) is 19.2 Å². The number of nitrogens with zero attached hydrogens (tertiary/aromatic N) is 2. The van der Waals surface area contributed by atoms with E-state index in [1.807, 2.05) is 25.2 Å². The first-order chi connectivity index (χ1) is 8.09. The van der Waals surface area contributed by atoms with Crippen molar-refractivity contribution in [3.8, 4) is 0 Å². The number of nitrogens with one attached hydrogen (secondary N) is 1. The number of hydrogen-bond donors (Lipinski definition) is 1. The van der Waals surface area contributed by atoms with Crippen LogP contribution >= 0.6 is 0 Å². The van der Waals surface area contributed by atoms with Gasteiger partial charge in [0.25, 0.3) is 5.70 Å². The second kappa shape index (κ2) is 4.37. The van der Waals surface area contributed by atoms with Crippen LogP contribution in [0, 0.1) is 15.5 Å². The molecule has 0 bridgehead atoms. The van der Waals surface area contributed by atoms with E-state index < -0.39 is 0 Å². The van der Waals surface area contributed by atoms with Crippen molar-refractivity contribution in [1.29, 1.82) is 0 Å². The van der Waals surface area contributed by atoms with Gasteiger partial charge in [0.2, 0.25) is 0 Å². The van der Waals surface area contributed by atoms with E-state index in [4.69, 9.17) is 0 Å². The molecule has 1 heterocycles. The molecule has 17 heavy (non-hydrogen) atoms. The van der Waals surface area contributed by atoms with Crippen LogP contribution in [-0.4, -0.2) is 14.9 Å². The van der Waals surface area contributed by atoms with Crippen LogP contribution in [0.5, 0.6) is 0 Å². The summed E-state index contributed by atoms with van der Waals surface area (Å²) in [7, 11) is 0. The maximum absolute atomic E-state index is 10.7. The van der Waals surface area contributed by atoms with Crippen molar-refractivity contribution < 1.29 is 4.92 Å². The van der Waals surface area contributed by atoms with Crippen molar-refractivity contribution in [2.45, 2.75) is 13.3 Å². The van der Waals surface area contributed by atoms with Crippen molar-refractivity contribution in [3.63, 3.8) is 0 Å². The highest BCUT2D eigenvalue weighted by Crippen LogP contribution is 2.31. The fraction of sp³-hybridized carbons (Fsp3) is 0.250. The van der Waals surface area contributed by atoms with Crippen molar-refractivity contribution in [3.05, 3.63) is 58.3 Å². The van der Waals surface area contributed by atoms with Crippen LogP contribution < -0.4 is 0 Å². The van der Waals surface area contributed by atoms with E-state index in [1.165, 1.54) is 0 Å². The number of H-pyrrole nitrogens is 1. The van der Waals surface area contributed by atoms with Gasteiger partial charge in [-0.05, 0) is 12.5 Å². The molecule has 0 radical (unpaired) electrons. The standard InChI is InChI=1S/C12H13N3O2/c1-12(6-4-11-13-7-8-14-11)5-2-3-10(9-12)15(16)17/h2-4,6-9H,5H2,1H3,(H,13,14). The van der Waals surface area contributed by atoms with Crippen molar-refractivity contribution in [2.75, 3.05) is 0 Å². The molecule has 1 N–H and O–H groups in total. The molecule has 0 saturated carbocycles. The van der Waals surface area contributed by atoms with Crippen molar-refractivity contribution in [1.82, 2.24) is 9.97 Å². The van der Waals surface area contributed by atoms with Crippen molar-refractivity contribution in [2.24, 2.45) is 5.41 Å². The van der Waals surface area contributed by atoms with Crippen LogP contribution in [-0.2, 0) is 0 Å². The summed E-state index contributed by atoms with van der Waals surface area (Å²) in [6, 6.07) is 0. The van der Waals surface area contributed by atoms with E-state index in [0.29, 0.717) is 0 Å². The summed E-state index contributed by atoms with van der Waals surface area (Å²) in [6.45, 7) is 1.96. The first-order valence-corrected chi connectivity index (χ1v) is 5.31. The minimum absolute atomic E-state index is 0.142. The second-order valence-corrected chi connectivity index (χ2v) is 4.25. The third kappa shape index (κ3) is 2.69. The van der Waals surface area contributed by atoms with Crippen molar-refractivity contribution >= 4 is 6.08 Å². The highest BCUT2D eigenvalue weighted by molar-refractivity contribution is 5.43. The summed E-state index contributed by atoms with van der Waals surface area (Å²) in [5.41, 5.74) is -0.188. The number of nitro groups is 1. The molecule has 0 saturated heterocycles. The maximum atomic E-state index is 10.7. The van der Waals surface area contributed by atoms with E-state index in [1.54, 1.807) is 24.5 Å². The number of rotatable bonds is 3. The molecule has 0 fully saturated rings. The van der Waals surface area contributed by atoms with Crippen LogP contribution in [0.2, 0.25) is 0 Å². The lowest BCUT2D eigenvalue weighted by molar-refractivity contribution is -0.420. The number of imidazole rings is 1. The molecule has 0 spiro atoms. The number of aromatic amines is 1. The van der Waals surface area contributed by atoms with Gasteiger partial charge in [-0.15, -0.1) is 0 Å². The Kier molecular flexibility index (Phi) is 2.91. The Bertz CT molecular complexity index is 500. The Morgan fingerprint density at radius 1 is 1.65 bits per heavy atom. The van der Waals surface area contributed by atoms with Crippen LogP contribution in [0.15, 0.2) is 42.4 Å². The highest BCUT2D eigenvalue weighted by atomic mass is 16.6. The van der Waals surface area contributed by atoms with Gasteiger partial charge in [-0.2, -0.15) is 0 Å². The topological polar surface area (TPSA) is 71.8 Å². The van der Waals surface area contributed by atoms with Gasteiger partial charge in [-0.3, -0.25) is 10.1 Å². The van der Waals surface area contributed by atoms with Gasteiger partial charge in [0.15, 0.2) is 0 Å². The summed E-state index contributed by atoms with van der Waals surface area (Å²) >= 11 is 0. The van der Waals surface area contributed by atoms with Crippen LogP contribution in [0.4, 0.5) is 0 Å². The number of hydrogen-bond acceptors (Lipinski definition) is 3. The summed E-state index contributed by atoms with van der Waals surface area (Å²) in [5.74, 6) is 0.747. The third-order valence-corrected chi connectivity index (χ3v) is 2.68. The molecule has 0 aromatic carbocycles. The van der Waals surface area contributed by atoms with Crippen LogP contribution in [0.25, 0.3) is 6.08 Å². The quantitative estimate of drug-likeness (QED) is 0.641. The Balaban J connectivity index is 2.20. The fourth-order valence-electron chi connectivity index (χ4n) is 1.75. The molecule has 1 unspecified atom stereocenters. The molecular weight excluding hydrogens is 218 g/mol. The number of allylic oxidation sites excluding steroid dienone is 4. The van der Waals surface area contributed by atoms with Gasteiger partial charge in [0.1, 0.15) is 5.82 Å². The van der Waals surface area contributed by atoms with E-state index in [0.717, 1.165) is 12.2 Å². The molecule has 0 amide bonds. The molecule has 1 aromatic heterocycles. The van der Waals surface area contributed by atoms with E-state index in [9.17, 15) is 10.1 Å². The molecule has 1 aliphatic rings. The molecule has 88 valence electrons. The van der Waals surface area contributed by atoms with Gasteiger partial charge in [-0.1, -0.05) is 19.1 Å². The van der Waals surface area contributed by atoms with Gasteiger partial charge in [0, 0.05) is 30.0 Å². The zero-order valence-electron chi connectivity index (χ0n) is 9.46. The molecule has 0 aliphatic heterocycles. The third-order valence-electron chi connectivity index (χ3n) is 2.68. The Morgan fingerprint density at radius 3 is 3.12 bits per heavy atom. The normalized spacial score (nSPS) is 23.9.